The van der Waals surface area contributed by atoms with E-state index in [4.69, 9.17) is 5.73 Å². The monoisotopic (exact) mass is 196 g/mol. The molecule has 4 heteroatoms. The Hall–Kier alpha value is -1.13. The molecule has 0 saturated carbocycles. The van der Waals surface area contributed by atoms with Crippen molar-refractivity contribution in [3.63, 3.8) is 0 Å². The third kappa shape index (κ3) is 2.40. The lowest BCUT2D eigenvalue weighted by atomic mass is 10.2. The number of hydrogen-bond donors (Lipinski definition) is 1. The minimum atomic E-state index is 0.310. The zero-order chi connectivity index (χ0) is 9.84. The van der Waals surface area contributed by atoms with Crippen molar-refractivity contribution in [1.29, 1.82) is 0 Å². The number of nitrogens with zero attached hydrogens (tertiary/aromatic N) is 1. The van der Waals surface area contributed by atoms with Crippen LogP contribution in [0.25, 0.3) is 0 Å². The van der Waals surface area contributed by atoms with Crippen LogP contribution in [0.4, 0.5) is 5.69 Å². The van der Waals surface area contributed by atoms with Gasteiger partial charge in [-0.3, -0.25) is 5.73 Å². The molecule has 0 spiro atoms. The molecule has 0 amide bonds. The summed E-state index contributed by atoms with van der Waals surface area (Å²) in [5.74, 6) is 0. The molecule has 0 unspecified atom stereocenters. The van der Waals surface area contributed by atoms with Gasteiger partial charge in [-0.05, 0) is 12.1 Å². The third-order valence-electron chi connectivity index (χ3n) is 1.76. The highest BCUT2D eigenvalue weighted by molar-refractivity contribution is 7.66. The van der Waals surface area contributed by atoms with Crippen LogP contribution in [0.1, 0.15) is 5.56 Å². The summed E-state index contributed by atoms with van der Waals surface area (Å²) in [4.78, 5) is 2.30. The van der Waals surface area contributed by atoms with Crippen LogP contribution in [0.5, 0.6) is 0 Å². The van der Waals surface area contributed by atoms with Gasteiger partial charge < -0.3 is 4.90 Å². The summed E-state index contributed by atoms with van der Waals surface area (Å²) in [6.07, 6.45) is 0. The standard InChI is InChI=1S/C9H12N2OS/c1-11(2)8-5-3-7(4-6-8)9(10)13-12/h3-6H,10H2,1-2H3. The highest BCUT2D eigenvalue weighted by Gasteiger charge is 1.98. The molecule has 0 heterocycles. The molecule has 1 aromatic carbocycles. The van der Waals surface area contributed by atoms with Crippen molar-refractivity contribution in [2.24, 2.45) is 5.73 Å². The van der Waals surface area contributed by atoms with E-state index in [2.05, 4.69) is 0 Å². The fraction of sp³-hybridized carbons (Fsp3) is 0.222. The molecule has 0 saturated heterocycles. The topological polar surface area (TPSA) is 46.3 Å². The summed E-state index contributed by atoms with van der Waals surface area (Å²) in [5.41, 5.74) is 7.35. The number of nitrogens with two attached hydrogens (primary N) is 1. The zero-order valence-electron chi connectivity index (χ0n) is 7.65. The predicted molar refractivity (Wildman–Crippen MR) is 57.2 cm³/mol. The van der Waals surface area contributed by atoms with Gasteiger partial charge in [-0.15, -0.1) is 0 Å². The van der Waals surface area contributed by atoms with Gasteiger partial charge in [0, 0.05) is 25.3 Å². The molecule has 0 fully saturated rings. The molecule has 0 aliphatic rings. The number of anilines is 1. The van der Waals surface area contributed by atoms with Crippen LogP contribution in [0, 0.1) is 0 Å². The van der Waals surface area contributed by atoms with Crippen molar-refractivity contribution in [3.05, 3.63) is 29.8 Å². The molecule has 70 valence electrons. The normalized spacial score (nSPS) is 9.46. The molecule has 0 aliphatic carbocycles. The highest BCUT2D eigenvalue weighted by Crippen LogP contribution is 2.11. The van der Waals surface area contributed by atoms with Crippen LogP contribution >= 0.6 is 0 Å². The average molecular weight is 196 g/mol. The molecular weight excluding hydrogens is 184 g/mol. The summed E-state index contributed by atoms with van der Waals surface area (Å²) in [6, 6.07) is 7.54. The summed E-state index contributed by atoms with van der Waals surface area (Å²) in [5, 5.41) is 0. The van der Waals surface area contributed by atoms with E-state index in [9.17, 15) is 4.21 Å². The van der Waals surface area contributed by atoms with Gasteiger partial charge in [0.05, 0.1) is 0 Å². The van der Waals surface area contributed by atoms with Crippen molar-refractivity contribution >= 4 is 21.9 Å². The largest absolute Gasteiger partial charge is 0.378 e. The van der Waals surface area contributed by atoms with Crippen LogP contribution in [0.15, 0.2) is 24.3 Å². The van der Waals surface area contributed by atoms with E-state index in [0.717, 1.165) is 11.3 Å². The second kappa shape index (κ2) is 4.20. The van der Waals surface area contributed by atoms with Crippen molar-refractivity contribution in [3.8, 4) is 0 Å². The Kier molecular flexibility index (Phi) is 3.22. The maximum Gasteiger partial charge on any atom is 0.114 e. The molecule has 3 nitrogen and oxygen atoms in total. The van der Waals surface area contributed by atoms with Crippen LogP contribution in [0.2, 0.25) is 0 Å². The SMILES string of the molecule is CN(C)c1ccc(C(N)=S=O)cc1. The maximum absolute atomic E-state index is 10.4. The molecular formula is C9H12N2OS. The second-order valence-corrected chi connectivity index (χ2v) is 3.50. The lowest BCUT2D eigenvalue weighted by Gasteiger charge is -2.12. The van der Waals surface area contributed by atoms with Gasteiger partial charge in [-0.2, -0.15) is 0 Å². The van der Waals surface area contributed by atoms with E-state index in [-0.39, 0.29) is 0 Å². The fourth-order valence-electron chi connectivity index (χ4n) is 0.972. The molecule has 1 aromatic rings. The molecule has 0 aromatic heterocycles. The van der Waals surface area contributed by atoms with Crippen molar-refractivity contribution in [2.75, 3.05) is 19.0 Å². The number of benzene rings is 1. The lowest BCUT2D eigenvalue weighted by molar-refractivity contribution is 0.701. The van der Waals surface area contributed by atoms with E-state index in [1.807, 2.05) is 43.3 Å². The Labute approximate surface area is 81.2 Å². The second-order valence-electron chi connectivity index (χ2n) is 2.89. The Morgan fingerprint density at radius 3 is 2.23 bits per heavy atom. The predicted octanol–water partition coefficient (Wildman–Crippen LogP) is 0.402. The first kappa shape index (κ1) is 9.95. The average Bonchev–Trinajstić information content (AvgIpc) is 2.17. The van der Waals surface area contributed by atoms with Crippen LogP contribution in [-0.2, 0) is 11.3 Å². The molecule has 0 atom stereocenters. The number of hydrogen-bond acceptors (Lipinski definition) is 2. The summed E-state index contributed by atoms with van der Waals surface area (Å²) in [6.45, 7) is 0. The van der Waals surface area contributed by atoms with Crippen molar-refractivity contribution < 1.29 is 4.21 Å². The van der Waals surface area contributed by atoms with E-state index in [0.29, 0.717) is 16.2 Å². The molecule has 0 bridgehead atoms. The summed E-state index contributed by atoms with van der Waals surface area (Å²) >= 11 is 0.323. The third-order valence-corrected chi connectivity index (χ3v) is 2.17. The van der Waals surface area contributed by atoms with Gasteiger partial charge >= 0.3 is 0 Å². The first-order chi connectivity index (χ1) is 6.15. The fourth-order valence-corrected chi connectivity index (χ4v) is 1.20. The van der Waals surface area contributed by atoms with Crippen LogP contribution < -0.4 is 10.6 Å². The highest BCUT2D eigenvalue weighted by atomic mass is 32.1. The summed E-state index contributed by atoms with van der Waals surface area (Å²) < 4.78 is 10.4. The Morgan fingerprint density at radius 2 is 1.85 bits per heavy atom. The van der Waals surface area contributed by atoms with E-state index in [1.165, 1.54) is 0 Å². The molecule has 13 heavy (non-hydrogen) atoms. The maximum atomic E-state index is 10.4. The molecule has 2 N–H and O–H groups in total. The lowest BCUT2D eigenvalue weighted by Crippen LogP contribution is -2.13. The van der Waals surface area contributed by atoms with Gasteiger partial charge in [0.15, 0.2) is 0 Å². The Bertz CT molecular complexity index is 339. The summed E-state index contributed by atoms with van der Waals surface area (Å²) in [7, 11) is 3.93. The molecule has 1 rings (SSSR count). The Balaban J connectivity index is 3.00. The van der Waals surface area contributed by atoms with Gasteiger partial charge in [-0.25, -0.2) is 4.21 Å². The van der Waals surface area contributed by atoms with Crippen molar-refractivity contribution in [1.82, 2.24) is 0 Å². The van der Waals surface area contributed by atoms with Crippen LogP contribution in [0.3, 0.4) is 0 Å². The van der Waals surface area contributed by atoms with Gasteiger partial charge in [0.25, 0.3) is 0 Å². The smallest absolute Gasteiger partial charge is 0.114 e. The van der Waals surface area contributed by atoms with Crippen molar-refractivity contribution in [2.45, 2.75) is 0 Å². The van der Waals surface area contributed by atoms with E-state index < -0.39 is 0 Å². The van der Waals surface area contributed by atoms with E-state index in [1.54, 1.807) is 0 Å². The number of rotatable bonds is 2. The Morgan fingerprint density at radius 1 is 1.31 bits per heavy atom. The van der Waals surface area contributed by atoms with Gasteiger partial charge in [0.1, 0.15) is 16.2 Å². The quantitative estimate of drug-likeness (QED) is 0.697. The first-order valence-corrected chi connectivity index (χ1v) is 4.59. The molecule has 0 aliphatic heterocycles. The minimum absolute atomic E-state index is 0.310. The first-order valence-electron chi connectivity index (χ1n) is 3.85. The zero-order valence-corrected chi connectivity index (χ0v) is 8.47. The minimum Gasteiger partial charge on any atom is -0.378 e. The van der Waals surface area contributed by atoms with Gasteiger partial charge in [0.2, 0.25) is 0 Å². The van der Waals surface area contributed by atoms with Crippen LogP contribution in [-0.4, -0.2) is 23.3 Å². The van der Waals surface area contributed by atoms with E-state index >= 15 is 0 Å². The molecule has 0 radical (unpaired) electrons. The van der Waals surface area contributed by atoms with Gasteiger partial charge in [-0.1, -0.05) is 12.1 Å².